The van der Waals surface area contributed by atoms with Gasteiger partial charge in [0.1, 0.15) is 19.0 Å². The second kappa shape index (κ2) is 9.34. The van der Waals surface area contributed by atoms with Crippen molar-refractivity contribution in [3.05, 3.63) is 66.6 Å². The molecule has 2 aliphatic rings. The number of nitrogens with zero attached hydrogens (tertiary/aromatic N) is 1. The van der Waals surface area contributed by atoms with Gasteiger partial charge in [0.15, 0.2) is 11.5 Å². The molecule has 1 fully saturated rings. The van der Waals surface area contributed by atoms with Gasteiger partial charge in [0.05, 0.1) is 23.6 Å². The van der Waals surface area contributed by atoms with Crippen LogP contribution in [-0.4, -0.2) is 44.9 Å². The minimum Gasteiger partial charge on any atom is -0.486 e. The summed E-state index contributed by atoms with van der Waals surface area (Å²) in [4.78, 5) is 26.6. The number of nitrogens with one attached hydrogen (secondary N) is 2. The third-order valence-electron chi connectivity index (χ3n) is 5.74. The number of hydrogen-bond acceptors (Lipinski definition) is 7. The summed E-state index contributed by atoms with van der Waals surface area (Å²) in [6.45, 7) is 1.40. The Labute approximate surface area is 201 Å². The van der Waals surface area contributed by atoms with Crippen molar-refractivity contribution in [3.8, 4) is 11.5 Å². The largest absolute Gasteiger partial charge is 0.486 e. The molecule has 0 spiro atoms. The number of amides is 2. The lowest BCUT2D eigenvalue weighted by Gasteiger charge is -2.19. The third-order valence-corrected chi connectivity index (χ3v) is 7.12. The zero-order valence-corrected chi connectivity index (χ0v) is 19.4. The molecule has 182 valence electrons. The maximum absolute atomic E-state index is 12.8. The summed E-state index contributed by atoms with van der Waals surface area (Å²) in [5.41, 5.74) is 0.827. The van der Waals surface area contributed by atoms with Crippen LogP contribution >= 0.6 is 0 Å². The van der Waals surface area contributed by atoms with Gasteiger partial charge in [-0.3, -0.25) is 14.3 Å². The van der Waals surface area contributed by atoms with Gasteiger partial charge in [0.25, 0.3) is 10.0 Å². The zero-order valence-electron chi connectivity index (χ0n) is 18.6. The molecule has 2 amide bonds. The van der Waals surface area contributed by atoms with Gasteiger partial charge in [0, 0.05) is 30.4 Å². The summed E-state index contributed by atoms with van der Waals surface area (Å²) in [6.07, 6.45) is 1.67. The van der Waals surface area contributed by atoms with Crippen LogP contribution < -0.4 is 19.5 Å². The van der Waals surface area contributed by atoms with Crippen LogP contribution in [0.5, 0.6) is 11.5 Å². The molecule has 1 unspecified atom stereocenters. The van der Waals surface area contributed by atoms with Gasteiger partial charge in [-0.05, 0) is 48.5 Å². The van der Waals surface area contributed by atoms with E-state index >= 15 is 0 Å². The number of likely N-dealkylation sites (tertiary alicyclic amines) is 1. The van der Waals surface area contributed by atoms with E-state index in [1.807, 2.05) is 0 Å². The highest BCUT2D eigenvalue weighted by Crippen LogP contribution is 2.33. The molecule has 2 aromatic carbocycles. The van der Waals surface area contributed by atoms with E-state index in [1.165, 1.54) is 12.1 Å². The van der Waals surface area contributed by atoms with Crippen molar-refractivity contribution in [2.45, 2.75) is 17.9 Å². The lowest BCUT2D eigenvalue weighted by molar-refractivity contribution is -0.128. The predicted octanol–water partition coefficient (Wildman–Crippen LogP) is 2.84. The zero-order chi connectivity index (χ0) is 24.4. The molecule has 0 aliphatic carbocycles. The van der Waals surface area contributed by atoms with Crippen LogP contribution in [-0.2, 0) is 26.2 Å². The van der Waals surface area contributed by atoms with E-state index in [2.05, 4.69) is 10.0 Å². The summed E-state index contributed by atoms with van der Waals surface area (Å²) in [5, 5.41) is 2.79. The van der Waals surface area contributed by atoms with Crippen LogP contribution in [0.25, 0.3) is 0 Å². The Morgan fingerprint density at radius 3 is 2.49 bits per heavy atom. The SMILES string of the molecule is O=C(Nc1ccc(NS(=O)(=O)c2ccc3c(c2)OCCO3)cc1)C1CC(=O)N(Cc2ccco2)C1. The van der Waals surface area contributed by atoms with Crippen molar-refractivity contribution < 1.29 is 31.9 Å². The average Bonchev–Trinajstić information content (AvgIpc) is 3.50. The maximum Gasteiger partial charge on any atom is 0.262 e. The number of furan rings is 1. The first kappa shape index (κ1) is 22.8. The number of carbonyl (C=O) groups excluding carboxylic acids is 2. The standard InChI is InChI=1S/C24H23N3O7S/c28-23-12-16(14-27(23)15-19-2-1-9-32-19)24(29)25-17-3-5-18(6-4-17)26-35(30,31)20-7-8-21-22(13-20)34-11-10-33-21/h1-9,13,16,26H,10-12,14-15H2,(H,25,29). The van der Waals surface area contributed by atoms with Crippen LogP contribution in [0.2, 0.25) is 0 Å². The summed E-state index contributed by atoms with van der Waals surface area (Å²) < 4.78 is 44.2. The highest BCUT2D eigenvalue weighted by atomic mass is 32.2. The van der Waals surface area contributed by atoms with Gasteiger partial charge in [0.2, 0.25) is 11.8 Å². The fourth-order valence-electron chi connectivity index (χ4n) is 3.96. The van der Waals surface area contributed by atoms with Crippen LogP contribution in [0.15, 0.2) is 70.2 Å². The minimum absolute atomic E-state index is 0.0455. The Morgan fingerprint density at radius 2 is 1.74 bits per heavy atom. The smallest absolute Gasteiger partial charge is 0.262 e. The van der Waals surface area contributed by atoms with Crippen LogP contribution in [0, 0.1) is 5.92 Å². The van der Waals surface area contributed by atoms with Crippen LogP contribution in [0.3, 0.4) is 0 Å². The maximum atomic E-state index is 12.8. The second-order valence-electron chi connectivity index (χ2n) is 8.23. The number of ether oxygens (including phenoxy) is 2. The monoisotopic (exact) mass is 497 g/mol. The Morgan fingerprint density at radius 1 is 1.00 bits per heavy atom. The fraction of sp³-hybridized carbons (Fsp3) is 0.250. The topological polar surface area (TPSA) is 127 Å². The lowest BCUT2D eigenvalue weighted by Crippen LogP contribution is -2.27. The second-order valence-corrected chi connectivity index (χ2v) is 9.91. The highest BCUT2D eigenvalue weighted by Gasteiger charge is 2.34. The Kier molecular flexibility index (Phi) is 6.08. The molecule has 3 aromatic rings. The van der Waals surface area contributed by atoms with Gasteiger partial charge < -0.3 is 24.1 Å². The van der Waals surface area contributed by atoms with E-state index in [9.17, 15) is 18.0 Å². The number of benzene rings is 2. The number of hydrogen-bond donors (Lipinski definition) is 2. The van der Waals surface area contributed by atoms with Gasteiger partial charge in [-0.2, -0.15) is 0 Å². The number of sulfonamides is 1. The van der Waals surface area contributed by atoms with Crippen molar-refractivity contribution >= 4 is 33.2 Å². The van der Waals surface area contributed by atoms with Crippen LogP contribution in [0.4, 0.5) is 11.4 Å². The quantitative estimate of drug-likeness (QED) is 0.514. The van der Waals surface area contributed by atoms with Gasteiger partial charge in [-0.25, -0.2) is 8.42 Å². The molecular weight excluding hydrogens is 474 g/mol. The summed E-state index contributed by atoms with van der Waals surface area (Å²) in [6, 6.07) is 14.2. The van der Waals surface area contributed by atoms with Crippen molar-refractivity contribution in [1.29, 1.82) is 0 Å². The Bertz CT molecular complexity index is 1340. The van der Waals surface area contributed by atoms with E-state index < -0.39 is 15.9 Å². The fourth-order valence-corrected chi connectivity index (χ4v) is 5.04. The molecule has 5 rings (SSSR count). The molecule has 10 nitrogen and oxygen atoms in total. The first-order valence-electron chi connectivity index (χ1n) is 11.0. The molecule has 11 heteroatoms. The third kappa shape index (κ3) is 5.09. The number of anilines is 2. The minimum atomic E-state index is -3.85. The van der Waals surface area contributed by atoms with Gasteiger partial charge >= 0.3 is 0 Å². The molecule has 0 bridgehead atoms. The molecule has 0 radical (unpaired) electrons. The molecule has 1 saturated heterocycles. The van der Waals surface area contributed by atoms with Crippen molar-refractivity contribution in [2.24, 2.45) is 5.92 Å². The van der Waals surface area contributed by atoms with E-state index in [4.69, 9.17) is 13.9 Å². The molecule has 2 aliphatic heterocycles. The molecule has 0 saturated carbocycles. The number of fused-ring (bicyclic) bond motifs is 1. The van der Waals surface area contributed by atoms with Crippen molar-refractivity contribution in [2.75, 3.05) is 29.8 Å². The average molecular weight is 498 g/mol. The van der Waals surface area contributed by atoms with E-state index in [0.29, 0.717) is 54.9 Å². The van der Waals surface area contributed by atoms with Gasteiger partial charge in [-0.15, -0.1) is 0 Å². The number of rotatable bonds is 7. The molecular formula is C24H23N3O7S. The summed E-state index contributed by atoms with van der Waals surface area (Å²) in [5.74, 6) is 0.684. The molecule has 35 heavy (non-hydrogen) atoms. The first-order valence-corrected chi connectivity index (χ1v) is 12.5. The van der Waals surface area contributed by atoms with E-state index in [0.717, 1.165) is 0 Å². The Balaban J connectivity index is 1.19. The normalized spacial score (nSPS) is 17.3. The summed E-state index contributed by atoms with van der Waals surface area (Å²) in [7, 11) is -3.85. The summed E-state index contributed by atoms with van der Waals surface area (Å²) >= 11 is 0. The van der Waals surface area contributed by atoms with Crippen LogP contribution in [0.1, 0.15) is 12.2 Å². The molecule has 1 aromatic heterocycles. The highest BCUT2D eigenvalue weighted by molar-refractivity contribution is 7.92. The van der Waals surface area contributed by atoms with Crippen molar-refractivity contribution in [1.82, 2.24) is 4.90 Å². The number of carbonyl (C=O) groups is 2. The van der Waals surface area contributed by atoms with E-state index in [1.54, 1.807) is 53.6 Å². The molecule has 2 N–H and O–H groups in total. The lowest BCUT2D eigenvalue weighted by atomic mass is 10.1. The Hall–Kier alpha value is -3.99. The molecule has 3 heterocycles. The van der Waals surface area contributed by atoms with Crippen molar-refractivity contribution in [3.63, 3.8) is 0 Å². The first-order chi connectivity index (χ1) is 16.9. The molecule has 1 atom stereocenters. The predicted molar refractivity (Wildman–Crippen MR) is 126 cm³/mol. The van der Waals surface area contributed by atoms with E-state index in [-0.39, 0.29) is 23.1 Å². The van der Waals surface area contributed by atoms with Gasteiger partial charge in [-0.1, -0.05) is 0 Å².